The summed E-state index contributed by atoms with van der Waals surface area (Å²) in [7, 11) is 0. The molecule has 2 aromatic carbocycles. The molecule has 0 saturated heterocycles. The maximum atomic E-state index is 12.7. The van der Waals surface area contributed by atoms with E-state index in [9.17, 15) is 4.79 Å². The third kappa shape index (κ3) is 4.48. The van der Waals surface area contributed by atoms with E-state index >= 15 is 0 Å². The van der Waals surface area contributed by atoms with Crippen molar-refractivity contribution in [3.8, 4) is 17.5 Å². The molecule has 2 aromatic heterocycles. The van der Waals surface area contributed by atoms with E-state index in [-0.39, 0.29) is 5.91 Å². The maximum absolute atomic E-state index is 12.7. The molecule has 0 atom stereocenters. The molecule has 7 nitrogen and oxygen atoms in total. The molecule has 1 aliphatic heterocycles. The van der Waals surface area contributed by atoms with Crippen LogP contribution < -0.4 is 5.32 Å². The van der Waals surface area contributed by atoms with Gasteiger partial charge in [-0.2, -0.15) is 5.26 Å². The van der Waals surface area contributed by atoms with E-state index in [1.807, 2.05) is 60.8 Å². The summed E-state index contributed by atoms with van der Waals surface area (Å²) in [5.41, 5.74) is 3.67. The molecule has 0 saturated carbocycles. The second-order valence-electron chi connectivity index (χ2n) is 8.51. The molecule has 0 bridgehead atoms. The highest BCUT2D eigenvalue weighted by Gasteiger charge is 2.16. The van der Waals surface area contributed by atoms with Crippen LogP contribution in [0.5, 0.6) is 0 Å². The van der Waals surface area contributed by atoms with Crippen molar-refractivity contribution >= 4 is 28.6 Å². The number of aryl methyl sites for hydroxylation is 2. The Hall–Kier alpha value is -4.18. The van der Waals surface area contributed by atoms with Gasteiger partial charge in [0, 0.05) is 59.5 Å². The van der Waals surface area contributed by atoms with Gasteiger partial charge >= 0.3 is 0 Å². The largest absolute Gasteiger partial charge is 0.346 e. The van der Waals surface area contributed by atoms with E-state index in [4.69, 9.17) is 5.26 Å². The summed E-state index contributed by atoms with van der Waals surface area (Å²) in [5.74, 6) is 1.69. The Morgan fingerprint density at radius 2 is 2.03 bits per heavy atom. The molecule has 7 heteroatoms. The van der Waals surface area contributed by atoms with E-state index < -0.39 is 0 Å². The van der Waals surface area contributed by atoms with Gasteiger partial charge in [-0.25, -0.2) is 0 Å². The lowest BCUT2D eigenvalue weighted by Gasteiger charge is -2.08. The topological polar surface area (TPSA) is 88.5 Å². The highest BCUT2D eigenvalue weighted by Crippen LogP contribution is 2.25. The number of fused-ring (bicyclic) bond motifs is 2. The Labute approximate surface area is 198 Å². The number of carbonyl (C=O) groups excluding carboxylic acids is 1. The number of rotatable bonds is 6. The zero-order valence-corrected chi connectivity index (χ0v) is 18.9. The molecule has 0 unspecified atom stereocenters. The average molecular weight is 451 g/mol. The molecule has 4 aromatic rings. The molecule has 3 heterocycles. The van der Waals surface area contributed by atoms with Gasteiger partial charge in [0.1, 0.15) is 5.82 Å². The van der Waals surface area contributed by atoms with Crippen LogP contribution in [0.2, 0.25) is 0 Å². The van der Waals surface area contributed by atoms with Crippen molar-refractivity contribution < 1.29 is 4.79 Å². The number of nitrogens with one attached hydrogen (secondary N) is 1. The zero-order chi connectivity index (χ0) is 23.3. The van der Waals surface area contributed by atoms with Crippen molar-refractivity contribution in [2.24, 2.45) is 0 Å². The molecule has 0 spiro atoms. The first-order valence-electron chi connectivity index (χ1n) is 11.7. The van der Waals surface area contributed by atoms with Crippen molar-refractivity contribution in [1.29, 1.82) is 5.26 Å². The number of carbonyl (C=O) groups is 1. The van der Waals surface area contributed by atoms with Crippen LogP contribution in [0.3, 0.4) is 0 Å². The summed E-state index contributed by atoms with van der Waals surface area (Å²) in [5, 5.41) is 21.8. The van der Waals surface area contributed by atoms with E-state index in [0.717, 1.165) is 65.2 Å². The molecule has 170 valence electrons. The summed E-state index contributed by atoms with van der Waals surface area (Å²) < 4.78 is 4.26. The van der Waals surface area contributed by atoms with Gasteiger partial charge in [-0.05, 0) is 37.1 Å². The predicted molar refractivity (Wildman–Crippen MR) is 133 cm³/mol. The van der Waals surface area contributed by atoms with Crippen LogP contribution in [0.4, 0.5) is 5.69 Å². The molecule has 5 rings (SSSR count). The van der Waals surface area contributed by atoms with Crippen molar-refractivity contribution in [3.63, 3.8) is 0 Å². The summed E-state index contributed by atoms with van der Waals surface area (Å²) in [6.45, 7) is 1.55. The molecule has 34 heavy (non-hydrogen) atoms. The van der Waals surface area contributed by atoms with Crippen LogP contribution in [-0.4, -0.2) is 25.2 Å². The first-order valence-corrected chi connectivity index (χ1v) is 11.7. The van der Waals surface area contributed by atoms with Crippen LogP contribution in [0.25, 0.3) is 28.4 Å². The normalized spacial score (nSPS) is 13.5. The molecule has 1 aliphatic rings. The standard InChI is InChI=1S/C27H26N6O/c28-15-7-16-32-19-21(23-10-3-4-11-24(23)32)13-14-26(34)29-22-9-6-8-20(18-22)27-31-30-25-12-2-1-5-17-33(25)27/h3-4,6,8-11,13-14,18-19H,1-2,5,7,12,16-17H2,(H,29,34)/b14-13+. The number of nitrogens with zero attached hydrogens (tertiary/aromatic N) is 5. The number of hydrogen-bond acceptors (Lipinski definition) is 4. The van der Waals surface area contributed by atoms with Crippen LogP contribution in [0, 0.1) is 11.3 Å². The number of anilines is 1. The Bertz CT molecular complexity index is 1400. The minimum absolute atomic E-state index is 0.203. The Balaban J connectivity index is 1.33. The lowest BCUT2D eigenvalue weighted by molar-refractivity contribution is -0.111. The van der Waals surface area contributed by atoms with Gasteiger partial charge in [0.05, 0.1) is 12.5 Å². The first-order chi connectivity index (χ1) is 16.7. The van der Waals surface area contributed by atoms with Gasteiger partial charge in [-0.3, -0.25) is 4.79 Å². The van der Waals surface area contributed by atoms with Gasteiger partial charge < -0.3 is 14.5 Å². The van der Waals surface area contributed by atoms with Crippen molar-refractivity contribution in [3.05, 3.63) is 72.2 Å². The third-order valence-corrected chi connectivity index (χ3v) is 6.20. The monoisotopic (exact) mass is 450 g/mol. The van der Waals surface area contributed by atoms with Crippen molar-refractivity contribution in [1.82, 2.24) is 19.3 Å². The first kappa shape index (κ1) is 21.7. The van der Waals surface area contributed by atoms with E-state index in [1.54, 1.807) is 6.08 Å². The molecular formula is C27H26N6O. The minimum Gasteiger partial charge on any atom is -0.346 e. The van der Waals surface area contributed by atoms with Crippen LogP contribution in [0.1, 0.15) is 37.1 Å². The zero-order valence-electron chi connectivity index (χ0n) is 18.9. The van der Waals surface area contributed by atoms with Gasteiger partial charge in [0.15, 0.2) is 5.82 Å². The number of nitriles is 1. The van der Waals surface area contributed by atoms with Crippen molar-refractivity contribution in [2.45, 2.75) is 45.2 Å². The van der Waals surface area contributed by atoms with E-state index in [1.165, 1.54) is 6.42 Å². The molecular weight excluding hydrogens is 424 g/mol. The predicted octanol–water partition coefficient (Wildman–Crippen LogP) is 5.19. The van der Waals surface area contributed by atoms with E-state index in [2.05, 4.69) is 30.7 Å². The SMILES string of the molecule is N#CCCn1cc(/C=C/C(=O)Nc2cccc(-c3nnc4n3CCCCC4)c2)c2ccccc21. The highest BCUT2D eigenvalue weighted by atomic mass is 16.1. The molecule has 1 N–H and O–H groups in total. The Kier molecular flexibility index (Phi) is 6.21. The number of para-hydroxylation sites is 1. The van der Waals surface area contributed by atoms with Gasteiger partial charge in [-0.1, -0.05) is 36.8 Å². The number of amides is 1. The molecule has 1 amide bonds. The summed E-state index contributed by atoms with van der Waals surface area (Å²) in [6.07, 6.45) is 10.2. The lowest BCUT2D eigenvalue weighted by Crippen LogP contribution is -2.08. The minimum atomic E-state index is -0.203. The van der Waals surface area contributed by atoms with Crippen LogP contribution in [-0.2, 0) is 24.3 Å². The number of aromatic nitrogens is 4. The molecule has 0 fully saturated rings. The second-order valence-corrected chi connectivity index (χ2v) is 8.51. The Morgan fingerprint density at radius 1 is 1.12 bits per heavy atom. The Morgan fingerprint density at radius 3 is 2.94 bits per heavy atom. The summed E-state index contributed by atoms with van der Waals surface area (Å²) in [6, 6.07) is 18.0. The molecule has 0 aliphatic carbocycles. The fraction of sp³-hybridized carbons (Fsp3) is 0.259. The van der Waals surface area contributed by atoms with Crippen molar-refractivity contribution in [2.75, 3.05) is 5.32 Å². The van der Waals surface area contributed by atoms with Gasteiger partial charge in [0.2, 0.25) is 5.91 Å². The number of hydrogen-bond donors (Lipinski definition) is 1. The van der Waals surface area contributed by atoms with Crippen LogP contribution >= 0.6 is 0 Å². The quantitative estimate of drug-likeness (QED) is 0.409. The fourth-order valence-corrected chi connectivity index (χ4v) is 4.55. The second kappa shape index (κ2) is 9.75. The van der Waals surface area contributed by atoms with E-state index in [0.29, 0.717) is 13.0 Å². The summed E-state index contributed by atoms with van der Waals surface area (Å²) in [4.78, 5) is 12.7. The van der Waals surface area contributed by atoms with Gasteiger partial charge in [-0.15, -0.1) is 10.2 Å². The average Bonchev–Trinajstić information content (AvgIpc) is 3.34. The van der Waals surface area contributed by atoms with Gasteiger partial charge in [0.25, 0.3) is 0 Å². The fourth-order valence-electron chi connectivity index (χ4n) is 4.55. The number of benzene rings is 2. The maximum Gasteiger partial charge on any atom is 0.248 e. The lowest BCUT2D eigenvalue weighted by atomic mass is 10.1. The molecule has 0 radical (unpaired) electrons. The highest BCUT2D eigenvalue weighted by molar-refractivity contribution is 6.03. The summed E-state index contributed by atoms with van der Waals surface area (Å²) >= 11 is 0. The third-order valence-electron chi connectivity index (χ3n) is 6.20. The smallest absolute Gasteiger partial charge is 0.248 e. The van der Waals surface area contributed by atoms with Crippen LogP contribution in [0.15, 0.2) is 60.8 Å².